The number of ether oxygens (including phenoxy) is 2. The summed E-state index contributed by atoms with van der Waals surface area (Å²) >= 11 is 0. The highest BCUT2D eigenvalue weighted by Gasteiger charge is 2.23. The van der Waals surface area contributed by atoms with Crippen LogP contribution in [0.2, 0.25) is 0 Å². The number of carbonyl (C=O) groups is 1. The summed E-state index contributed by atoms with van der Waals surface area (Å²) in [5.74, 6) is 1.03. The van der Waals surface area contributed by atoms with Gasteiger partial charge in [0.25, 0.3) is 0 Å². The van der Waals surface area contributed by atoms with Crippen molar-refractivity contribution in [2.45, 2.75) is 33.7 Å². The number of hydrogen-bond donors (Lipinski definition) is 2. The fourth-order valence-corrected chi connectivity index (χ4v) is 1.68. The Morgan fingerprint density at radius 2 is 2.00 bits per heavy atom. The van der Waals surface area contributed by atoms with Crippen molar-refractivity contribution >= 4 is 17.5 Å². The molecule has 1 unspecified atom stereocenters. The fourth-order valence-electron chi connectivity index (χ4n) is 1.68. The Kier molecular flexibility index (Phi) is 6.27. The molecule has 0 saturated heterocycles. The highest BCUT2D eigenvalue weighted by Crippen LogP contribution is 2.22. The Bertz CT molecular complexity index is 475. The Balaban J connectivity index is 2.87. The van der Waals surface area contributed by atoms with E-state index in [9.17, 15) is 4.79 Å². The molecule has 0 spiro atoms. The summed E-state index contributed by atoms with van der Waals surface area (Å²) in [6.07, 6.45) is 0. The number of pyridine rings is 1. The minimum Gasteiger partial charge on any atom is -0.476 e. The first kappa shape index (κ1) is 17.1. The molecule has 1 rings (SSSR count). The highest BCUT2D eigenvalue weighted by atomic mass is 16.5. The maximum absolute atomic E-state index is 11.8. The number of carbonyl (C=O) groups excluding carboxylic acids is 1. The van der Waals surface area contributed by atoms with Gasteiger partial charge < -0.3 is 20.5 Å². The van der Waals surface area contributed by atoms with Gasteiger partial charge in [-0.3, -0.25) is 0 Å². The minimum atomic E-state index is -0.468. The molecule has 0 saturated carbocycles. The van der Waals surface area contributed by atoms with Gasteiger partial charge in [-0.1, -0.05) is 27.7 Å². The van der Waals surface area contributed by atoms with Gasteiger partial charge in [0.15, 0.2) is 0 Å². The number of nitrogen functional groups attached to an aromatic ring is 1. The van der Waals surface area contributed by atoms with Crippen LogP contribution >= 0.6 is 0 Å². The smallest absolute Gasteiger partial charge is 0.328 e. The van der Waals surface area contributed by atoms with E-state index in [1.54, 1.807) is 12.1 Å². The minimum absolute atomic E-state index is 0.0665. The van der Waals surface area contributed by atoms with Gasteiger partial charge in [-0.15, -0.1) is 0 Å². The van der Waals surface area contributed by atoms with Crippen LogP contribution < -0.4 is 15.8 Å². The number of anilines is 2. The molecule has 6 nitrogen and oxygen atoms in total. The number of methoxy groups -OCH3 is 1. The van der Waals surface area contributed by atoms with Crippen LogP contribution in [0.5, 0.6) is 5.88 Å². The first-order valence-electron chi connectivity index (χ1n) is 7.08. The third-order valence-electron chi connectivity index (χ3n) is 2.87. The first-order valence-corrected chi connectivity index (χ1v) is 7.08. The average molecular weight is 295 g/mol. The van der Waals surface area contributed by atoms with E-state index < -0.39 is 6.04 Å². The van der Waals surface area contributed by atoms with E-state index in [1.165, 1.54) is 7.11 Å². The van der Waals surface area contributed by atoms with Gasteiger partial charge in [-0.25, -0.2) is 4.79 Å². The van der Waals surface area contributed by atoms with Gasteiger partial charge in [-0.05, 0) is 24.0 Å². The maximum Gasteiger partial charge on any atom is 0.328 e. The van der Waals surface area contributed by atoms with E-state index in [0.717, 1.165) is 0 Å². The van der Waals surface area contributed by atoms with E-state index in [0.29, 0.717) is 29.9 Å². The number of nitrogens with two attached hydrogens (primary N) is 1. The topological polar surface area (TPSA) is 86.5 Å². The van der Waals surface area contributed by atoms with Crippen LogP contribution in [-0.2, 0) is 9.53 Å². The Morgan fingerprint density at radius 3 is 2.52 bits per heavy atom. The molecule has 118 valence electrons. The van der Waals surface area contributed by atoms with Crippen LogP contribution in [0.4, 0.5) is 11.5 Å². The van der Waals surface area contributed by atoms with Gasteiger partial charge in [0.2, 0.25) is 5.88 Å². The van der Waals surface area contributed by atoms with E-state index in [2.05, 4.69) is 10.3 Å². The van der Waals surface area contributed by atoms with E-state index in [-0.39, 0.29) is 11.9 Å². The molecule has 6 heteroatoms. The number of aromatic nitrogens is 1. The maximum atomic E-state index is 11.8. The summed E-state index contributed by atoms with van der Waals surface area (Å²) in [5, 5.41) is 3.06. The van der Waals surface area contributed by atoms with Gasteiger partial charge in [0.1, 0.15) is 11.9 Å². The molecule has 1 aromatic heterocycles. The molecule has 0 aromatic carbocycles. The molecule has 3 N–H and O–H groups in total. The molecule has 1 heterocycles. The summed E-state index contributed by atoms with van der Waals surface area (Å²) in [6.45, 7) is 8.49. The largest absolute Gasteiger partial charge is 0.476 e. The molecule has 0 radical (unpaired) electrons. The average Bonchev–Trinajstić information content (AvgIpc) is 2.43. The van der Waals surface area contributed by atoms with Gasteiger partial charge in [-0.2, -0.15) is 4.98 Å². The second-order valence-corrected chi connectivity index (χ2v) is 5.68. The molecular formula is C15H25N3O3. The fraction of sp³-hybridized carbons (Fsp3) is 0.600. The second kappa shape index (κ2) is 7.71. The molecule has 1 atom stereocenters. The second-order valence-electron chi connectivity index (χ2n) is 5.68. The van der Waals surface area contributed by atoms with Crippen LogP contribution in [0.3, 0.4) is 0 Å². The summed E-state index contributed by atoms with van der Waals surface area (Å²) < 4.78 is 10.4. The van der Waals surface area contributed by atoms with E-state index >= 15 is 0 Å². The SMILES string of the molecule is COC(=O)C(Nc1ccc(N)c(OCC(C)C)n1)C(C)C. The zero-order valence-electron chi connectivity index (χ0n) is 13.3. The molecule has 0 fully saturated rings. The molecule has 0 aliphatic rings. The lowest BCUT2D eigenvalue weighted by Crippen LogP contribution is -2.35. The third kappa shape index (κ3) is 5.13. The van der Waals surface area contributed by atoms with Crippen LogP contribution in [0.25, 0.3) is 0 Å². The number of rotatable bonds is 7. The van der Waals surface area contributed by atoms with Crippen molar-refractivity contribution in [2.75, 3.05) is 24.8 Å². The van der Waals surface area contributed by atoms with Crippen LogP contribution in [0, 0.1) is 11.8 Å². The van der Waals surface area contributed by atoms with Crippen LogP contribution in [-0.4, -0.2) is 30.7 Å². The van der Waals surface area contributed by atoms with Crippen molar-refractivity contribution in [1.29, 1.82) is 0 Å². The van der Waals surface area contributed by atoms with Gasteiger partial charge in [0, 0.05) is 0 Å². The Morgan fingerprint density at radius 1 is 1.33 bits per heavy atom. The highest BCUT2D eigenvalue weighted by molar-refractivity contribution is 5.79. The van der Waals surface area contributed by atoms with Crippen molar-refractivity contribution in [1.82, 2.24) is 4.98 Å². The zero-order chi connectivity index (χ0) is 16.0. The van der Waals surface area contributed by atoms with Gasteiger partial charge >= 0.3 is 5.97 Å². The number of nitrogens with one attached hydrogen (secondary N) is 1. The molecule has 1 aromatic rings. The molecule has 21 heavy (non-hydrogen) atoms. The van der Waals surface area contributed by atoms with Crippen LogP contribution in [0.1, 0.15) is 27.7 Å². The lowest BCUT2D eigenvalue weighted by Gasteiger charge is -2.21. The number of nitrogens with zero attached hydrogens (tertiary/aromatic N) is 1. The van der Waals surface area contributed by atoms with E-state index in [4.69, 9.17) is 15.2 Å². The molecule has 0 aliphatic heterocycles. The predicted molar refractivity (Wildman–Crippen MR) is 83.2 cm³/mol. The molecule has 0 bridgehead atoms. The third-order valence-corrected chi connectivity index (χ3v) is 2.87. The summed E-state index contributed by atoms with van der Waals surface area (Å²) in [7, 11) is 1.37. The quantitative estimate of drug-likeness (QED) is 0.751. The monoisotopic (exact) mass is 295 g/mol. The van der Waals surface area contributed by atoms with Crippen molar-refractivity contribution in [3.63, 3.8) is 0 Å². The summed E-state index contributed by atoms with van der Waals surface area (Å²) in [4.78, 5) is 16.1. The lowest BCUT2D eigenvalue weighted by molar-refractivity contribution is -0.142. The molecule has 0 amide bonds. The van der Waals surface area contributed by atoms with Gasteiger partial charge in [0.05, 0.1) is 19.4 Å². The predicted octanol–water partition coefficient (Wildman–Crippen LogP) is 2.31. The zero-order valence-corrected chi connectivity index (χ0v) is 13.3. The molecule has 0 aliphatic carbocycles. The van der Waals surface area contributed by atoms with Crippen LogP contribution in [0.15, 0.2) is 12.1 Å². The van der Waals surface area contributed by atoms with Crippen molar-refractivity contribution in [2.24, 2.45) is 11.8 Å². The summed E-state index contributed by atoms with van der Waals surface area (Å²) in [5.41, 5.74) is 6.32. The van der Waals surface area contributed by atoms with Crippen molar-refractivity contribution < 1.29 is 14.3 Å². The standard InChI is InChI=1S/C15H25N3O3/c1-9(2)8-21-14-11(16)6-7-12(18-14)17-13(10(3)4)15(19)20-5/h6-7,9-10,13H,8,16H2,1-5H3,(H,17,18). The lowest BCUT2D eigenvalue weighted by atomic mass is 10.0. The number of hydrogen-bond acceptors (Lipinski definition) is 6. The van der Waals surface area contributed by atoms with Crippen molar-refractivity contribution in [3.8, 4) is 5.88 Å². The summed E-state index contributed by atoms with van der Waals surface area (Å²) in [6, 6.07) is 2.96. The number of esters is 1. The Labute approximate surface area is 126 Å². The molecular weight excluding hydrogens is 270 g/mol. The van der Waals surface area contributed by atoms with E-state index in [1.807, 2.05) is 27.7 Å². The Hall–Kier alpha value is -1.98. The first-order chi connectivity index (χ1) is 9.85. The van der Waals surface area contributed by atoms with Crippen molar-refractivity contribution in [3.05, 3.63) is 12.1 Å². The normalized spacial score (nSPS) is 12.3.